The highest BCUT2D eigenvalue weighted by atomic mass is 19.1. The first-order chi connectivity index (χ1) is 5.23. The van der Waals surface area contributed by atoms with E-state index in [1.807, 2.05) is 0 Å². The lowest BCUT2D eigenvalue weighted by atomic mass is 9.94. The maximum atomic E-state index is 13.7. The minimum Gasteiger partial charge on any atom is -0.328 e. The van der Waals surface area contributed by atoms with E-state index < -0.39 is 5.67 Å². The zero-order valence-electron chi connectivity index (χ0n) is 6.65. The lowest BCUT2D eigenvalue weighted by Crippen LogP contribution is -2.35. The number of halogens is 1. The van der Waals surface area contributed by atoms with Gasteiger partial charge in [0.05, 0.1) is 0 Å². The summed E-state index contributed by atoms with van der Waals surface area (Å²) in [6.07, 6.45) is 7.96. The first-order valence-corrected chi connectivity index (χ1v) is 4.05. The van der Waals surface area contributed by atoms with Crippen LogP contribution in [0.25, 0.3) is 0 Å². The molecule has 0 radical (unpaired) electrons. The minimum absolute atomic E-state index is 0.124. The molecule has 0 spiro atoms. The van der Waals surface area contributed by atoms with Crippen molar-refractivity contribution in [3.63, 3.8) is 0 Å². The normalized spacial score (nSPS) is 22.3. The molecule has 11 heavy (non-hydrogen) atoms. The zero-order valence-corrected chi connectivity index (χ0v) is 6.65. The zero-order chi connectivity index (χ0) is 8.32. The standard InChI is InChI=1S/C9H14FN/c1-2-3-6-9(10,7-11)8-4-5-8/h1,8H,3-7,11H2. The van der Waals surface area contributed by atoms with Crippen LogP contribution in [0.5, 0.6) is 0 Å². The average Bonchev–Trinajstić information content (AvgIpc) is 2.82. The SMILES string of the molecule is C#CCCC(F)(CN)C1CC1. The topological polar surface area (TPSA) is 26.0 Å². The van der Waals surface area contributed by atoms with Crippen molar-refractivity contribution in [3.8, 4) is 12.3 Å². The number of rotatable bonds is 4. The molecule has 0 heterocycles. The van der Waals surface area contributed by atoms with Gasteiger partial charge < -0.3 is 5.73 Å². The molecule has 0 aromatic heterocycles. The lowest BCUT2D eigenvalue weighted by molar-refractivity contribution is 0.132. The van der Waals surface area contributed by atoms with Gasteiger partial charge in [-0.25, -0.2) is 4.39 Å². The largest absolute Gasteiger partial charge is 0.328 e. The van der Waals surface area contributed by atoms with E-state index >= 15 is 0 Å². The van der Waals surface area contributed by atoms with Gasteiger partial charge in [-0.1, -0.05) is 0 Å². The molecule has 62 valence electrons. The Bertz CT molecular complexity index is 169. The summed E-state index contributed by atoms with van der Waals surface area (Å²) in [4.78, 5) is 0. The molecule has 1 aliphatic rings. The van der Waals surface area contributed by atoms with E-state index in [1.165, 1.54) is 0 Å². The maximum absolute atomic E-state index is 13.7. The summed E-state index contributed by atoms with van der Waals surface area (Å²) < 4.78 is 13.7. The summed E-state index contributed by atoms with van der Waals surface area (Å²) in [5, 5.41) is 0. The number of hydrogen-bond donors (Lipinski definition) is 1. The molecule has 0 aromatic rings. The predicted octanol–water partition coefficient (Wildman–Crippen LogP) is 1.48. The van der Waals surface area contributed by atoms with E-state index in [2.05, 4.69) is 5.92 Å². The molecule has 0 aliphatic heterocycles. The first-order valence-electron chi connectivity index (χ1n) is 4.05. The Hall–Kier alpha value is -0.550. The molecule has 1 unspecified atom stereocenters. The second kappa shape index (κ2) is 3.23. The van der Waals surface area contributed by atoms with Gasteiger partial charge in [-0.3, -0.25) is 0 Å². The van der Waals surface area contributed by atoms with Gasteiger partial charge in [-0.2, -0.15) is 0 Å². The van der Waals surface area contributed by atoms with Gasteiger partial charge >= 0.3 is 0 Å². The van der Waals surface area contributed by atoms with Crippen molar-refractivity contribution in [3.05, 3.63) is 0 Å². The summed E-state index contributed by atoms with van der Waals surface area (Å²) in [5.41, 5.74) is 4.18. The molecule has 0 amide bonds. The molecule has 1 aliphatic carbocycles. The highest BCUT2D eigenvalue weighted by Gasteiger charge is 2.43. The van der Waals surface area contributed by atoms with Crippen LogP contribution in [0, 0.1) is 18.3 Å². The molecular weight excluding hydrogens is 141 g/mol. The van der Waals surface area contributed by atoms with Crippen molar-refractivity contribution in [2.24, 2.45) is 11.7 Å². The van der Waals surface area contributed by atoms with Gasteiger partial charge in [-0.15, -0.1) is 12.3 Å². The van der Waals surface area contributed by atoms with Crippen LogP contribution < -0.4 is 5.73 Å². The first kappa shape index (κ1) is 8.55. The lowest BCUT2D eigenvalue weighted by Gasteiger charge is -2.21. The van der Waals surface area contributed by atoms with Crippen molar-refractivity contribution in [1.29, 1.82) is 0 Å². The minimum atomic E-state index is -1.16. The van der Waals surface area contributed by atoms with Crippen molar-refractivity contribution in [2.75, 3.05) is 6.54 Å². The number of nitrogens with two attached hydrogens (primary N) is 1. The fourth-order valence-electron chi connectivity index (χ4n) is 1.35. The van der Waals surface area contributed by atoms with E-state index in [-0.39, 0.29) is 12.5 Å². The van der Waals surface area contributed by atoms with Crippen molar-refractivity contribution in [2.45, 2.75) is 31.4 Å². The average molecular weight is 155 g/mol. The third kappa shape index (κ3) is 1.94. The summed E-state index contributed by atoms with van der Waals surface area (Å²) >= 11 is 0. The van der Waals surface area contributed by atoms with Crippen LogP contribution in [0.15, 0.2) is 0 Å². The fourth-order valence-corrected chi connectivity index (χ4v) is 1.35. The van der Waals surface area contributed by atoms with Crippen LogP contribution in [-0.4, -0.2) is 12.2 Å². The highest BCUT2D eigenvalue weighted by molar-refractivity contribution is 4.98. The molecule has 0 bridgehead atoms. The van der Waals surface area contributed by atoms with Crippen LogP contribution in [0.2, 0.25) is 0 Å². The van der Waals surface area contributed by atoms with Gasteiger partial charge in [0.1, 0.15) is 5.67 Å². The third-order valence-electron chi connectivity index (χ3n) is 2.33. The quantitative estimate of drug-likeness (QED) is 0.611. The Morgan fingerprint density at radius 3 is 2.64 bits per heavy atom. The third-order valence-corrected chi connectivity index (χ3v) is 2.33. The molecule has 0 saturated heterocycles. The number of alkyl halides is 1. The Balaban J connectivity index is 2.39. The molecule has 1 atom stereocenters. The second-order valence-electron chi connectivity index (χ2n) is 3.22. The summed E-state index contributed by atoms with van der Waals surface area (Å²) in [5.74, 6) is 2.64. The second-order valence-corrected chi connectivity index (χ2v) is 3.22. The van der Waals surface area contributed by atoms with Crippen LogP contribution in [0.1, 0.15) is 25.7 Å². The van der Waals surface area contributed by atoms with E-state index in [0.29, 0.717) is 12.8 Å². The van der Waals surface area contributed by atoms with Gasteiger partial charge in [0.25, 0.3) is 0 Å². The van der Waals surface area contributed by atoms with Crippen LogP contribution in [0.4, 0.5) is 4.39 Å². The van der Waals surface area contributed by atoms with Crippen molar-refractivity contribution >= 4 is 0 Å². The Kier molecular flexibility index (Phi) is 2.51. The molecule has 1 saturated carbocycles. The highest BCUT2D eigenvalue weighted by Crippen LogP contribution is 2.44. The van der Waals surface area contributed by atoms with E-state index in [4.69, 9.17) is 12.2 Å². The summed E-state index contributed by atoms with van der Waals surface area (Å²) in [6.45, 7) is 0.124. The summed E-state index contributed by atoms with van der Waals surface area (Å²) in [6, 6.07) is 0. The Morgan fingerprint density at radius 1 is 1.64 bits per heavy atom. The fraction of sp³-hybridized carbons (Fsp3) is 0.778. The molecule has 0 aromatic carbocycles. The molecule has 1 nitrogen and oxygen atoms in total. The predicted molar refractivity (Wildman–Crippen MR) is 43.7 cm³/mol. The maximum Gasteiger partial charge on any atom is 0.126 e. The van der Waals surface area contributed by atoms with Gasteiger partial charge in [0, 0.05) is 13.0 Å². The molecule has 2 heteroatoms. The van der Waals surface area contributed by atoms with Gasteiger partial charge in [-0.05, 0) is 25.2 Å². The Labute approximate surface area is 67.2 Å². The molecular formula is C9H14FN. The van der Waals surface area contributed by atoms with Crippen LogP contribution in [-0.2, 0) is 0 Å². The Morgan fingerprint density at radius 2 is 2.27 bits per heavy atom. The van der Waals surface area contributed by atoms with Crippen LogP contribution in [0.3, 0.4) is 0 Å². The van der Waals surface area contributed by atoms with E-state index in [0.717, 1.165) is 12.8 Å². The van der Waals surface area contributed by atoms with Crippen molar-refractivity contribution in [1.82, 2.24) is 0 Å². The molecule has 2 N–H and O–H groups in total. The number of hydrogen-bond acceptors (Lipinski definition) is 1. The van der Waals surface area contributed by atoms with E-state index in [9.17, 15) is 4.39 Å². The molecule has 1 rings (SSSR count). The smallest absolute Gasteiger partial charge is 0.126 e. The van der Waals surface area contributed by atoms with Crippen LogP contribution >= 0.6 is 0 Å². The van der Waals surface area contributed by atoms with E-state index in [1.54, 1.807) is 0 Å². The number of terminal acetylenes is 1. The monoisotopic (exact) mass is 155 g/mol. The molecule has 1 fully saturated rings. The van der Waals surface area contributed by atoms with Crippen molar-refractivity contribution < 1.29 is 4.39 Å². The van der Waals surface area contributed by atoms with Gasteiger partial charge in [0.2, 0.25) is 0 Å². The summed E-state index contributed by atoms with van der Waals surface area (Å²) in [7, 11) is 0. The van der Waals surface area contributed by atoms with Gasteiger partial charge in [0.15, 0.2) is 0 Å².